The number of anilines is 2. The smallest absolute Gasteiger partial charge is 0.407 e. The first kappa shape index (κ1) is 47.0. The first-order chi connectivity index (χ1) is 30.0. The maximum Gasteiger partial charge on any atom is 0.407 e. The van der Waals surface area contributed by atoms with E-state index in [1.807, 2.05) is 61.5 Å². The SMILES string of the molecule is CCCC(COc1nc(N(Cc2ccc(OC)cc2)Cc2ccc(OC)cc2)c2ncc(C(O)c3cnc(N4CCC(CN(C)C(=O)O)CC4)c(C)c3)n2n1)O[Si](C)(C)C(C)(C)C. The summed E-state index contributed by atoms with van der Waals surface area (Å²) in [4.78, 5) is 31.9. The number of nitrogens with zero attached hydrogens (tertiary/aromatic N) is 8. The van der Waals surface area contributed by atoms with Gasteiger partial charge in [0.1, 0.15) is 30.0 Å². The van der Waals surface area contributed by atoms with Crippen molar-refractivity contribution < 1.29 is 33.6 Å². The fraction of sp³-hybridized carbons (Fsp3) is 0.511. The number of piperidine rings is 1. The molecular formula is C47H66N8O7Si. The van der Waals surface area contributed by atoms with Gasteiger partial charge in [-0.05, 0) is 97.3 Å². The van der Waals surface area contributed by atoms with Gasteiger partial charge in [-0.2, -0.15) is 4.98 Å². The third-order valence-corrected chi connectivity index (χ3v) is 17.0. The summed E-state index contributed by atoms with van der Waals surface area (Å²) in [6.45, 7) is 18.6. The number of pyridine rings is 1. The Balaban J connectivity index is 1.36. The van der Waals surface area contributed by atoms with Crippen LogP contribution in [0.3, 0.4) is 0 Å². The summed E-state index contributed by atoms with van der Waals surface area (Å²) in [7, 11) is 2.79. The van der Waals surface area contributed by atoms with Crippen LogP contribution in [0.1, 0.15) is 87.4 Å². The second-order valence-corrected chi connectivity index (χ2v) is 23.0. The maximum absolute atomic E-state index is 12.1. The van der Waals surface area contributed by atoms with Crippen LogP contribution in [0.5, 0.6) is 17.5 Å². The van der Waals surface area contributed by atoms with Gasteiger partial charge in [0.05, 0.1) is 32.2 Å². The number of aliphatic hydroxyl groups is 1. The number of hydrogen-bond donors (Lipinski definition) is 2. The molecule has 2 N–H and O–H groups in total. The number of benzene rings is 2. The highest BCUT2D eigenvalue weighted by Gasteiger charge is 2.39. The lowest BCUT2D eigenvalue weighted by atomic mass is 9.96. The molecule has 16 heteroatoms. The van der Waals surface area contributed by atoms with E-state index in [4.69, 9.17) is 38.7 Å². The summed E-state index contributed by atoms with van der Waals surface area (Å²) in [6.07, 6.45) is 4.64. The predicted octanol–water partition coefficient (Wildman–Crippen LogP) is 8.53. The van der Waals surface area contributed by atoms with Gasteiger partial charge in [0.2, 0.25) is 0 Å². The van der Waals surface area contributed by atoms with Crippen molar-refractivity contribution in [3.63, 3.8) is 0 Å². The van der Waals surface area contributed by atoms with Crippen molar-refractivity contribution in [1.82, 2.24) is 29.5 Å². The Morgan fingerprint density at radius 1 is 0.952 bits per heavy atom. The van der Waals surface area contributed by atoms with E-state index in [0.717, 1.165) is 72.8 Å². The van der Waals surface area contributed by atoms with Crippen molar-refractivity contribution >= 4 is 31.7 Å². The molecular weight excluding hydrogens is 817 g/mol. The number of aromatic nitrogens is 5. The van der Waals surface area contributed by atoms with Crippen molar-refractivity contribution in [2.24, 2.45) is 5.92 Å². The quantitative estimate of drug-likeness (QED) is 0.0761. The molecule has 1 amide bonds. The number of rotatable bonds is 19. The van der Waals surface area contributed by atoms with E-state index < -0.39 is 20.5 Å². The number of ether oxygens (including phenoxy) is 3. The average Bonchev–Trinajstić information content (AvgIpc) is 3.69. The molecule has 1 fully saturated rings. The standard InChI is InChI=1S/C47H66N8O7Si/c1-11-12-39(62-63(9,10)47(3,4)5)31-61-45-50-44(54(29-33-13-17-37(59-7)18-14-33)30-34-15-19-38(60-8)20-16-34)43-49-27-40(55(43)51-45)41(56)36-25-32(2)42(48-26-36)53-23-21-35(22-24-53)28-52(6)46(57)58/h13-20,25-27,35,39,41,56H,11-12,21-24,28-31H2,1-10H3,(H,57,58). The van der Waals surface area contributed by atoms with E-state index in [1.165, 1.54) is 4.90 Å². The number of hydrogen-bond acceptors (Lipinski definition) is 12. The minimum atomic E-state index is -2.13. The number of carbonyl (C=O) groups is 1. The van der Waals surface area contributed by atoms with Crippen molar-refractivity contribution in [2.75, 3.05) is 57.3 Å². The van der Waals surface area contributed by atoms with Crippen LogP contribution in [0.25, 0.3) is 5.65 Å². The van der Waals surface area contributed by atoms with Crippen molar-refractivity contribution in [1.29, 1.82) is 0 Å². The average molecular weight is 883 g/mol. The fourth-order valence-corrected chi connectivity index (χ4v) is 9.10. The molecule has 1 aliphatic rings. The third-order valence-electron chi connectivity index (χ3n) is 12.4. The lowest BCUT2D eigenvalue weighted by Crippen LogP contribution is -2.45. The minimum absolute atomic E-state index is 0.0235. The first-order valence-electron chi connectivity index (χ1n) is 21.9. The van der Waals surface area contributed by atoms with Crippen molar-refractivity contribution in [3.05, 3.63) is 94.9 Å². The molecule has 0 bridgehead atoms. The number of fused-ring (bicyclic) bond motifs is 1. The molecule has 0 radical (unpaired) electrons. The molecule has 2 atom stereocenters. The summed E-state index contributed by atoms with van der Waals surface area (Å²) < 4.78 is 25.9. The van der Waals surface area contributed by atoms with Crippen LogP contribution in [0.15, 0.2) is 67.0 Å². The molecule has 0 spiro atoms. The number of amides is 1. The number of aliphatic hydroxyl groups excluding tert-OH is 1. The second kappa shape index (κ2) is 20.4. The molecule has 340 valence electrons. The predicted molar refractivity (Wildman–Crippen MR) is 248 cm³/mol. The largest absolute Gasteiger partial charge is 0.497 e. The van der Waals surface area contributed by atoms with Crippen LogP contribution >= 0.6 is 0 Å². The summed E-state index contributed by atoms with van der Waals surface area (Å²) in [5, 5.41) is 26.4. The molecule has 63 heavy (non-hydrogen) atoms. The third kappa shape index (κ3) is 11.6. The van der Waals surface area contributed by atoms with Crippen LogP contribution in [0, 0.1) is 12.8 Å². The van der Waals surface area contributed by atoms with Crippen LogP contribution in [0.4, 0.5) is 16.4 Å². The highest BCUT2D eigenvalue weighted by atomic mass is 28.4. The van der Waals surface area contributed by atoms with Crippen LogP contribution in [0.2, 0.25) is 18.1 Å². The van der Waals surface area contributed by atoms with Gasteiger partial charge in [0, 0.05) is 51.5 Å². The second-order valence-electron chi connectivity index (χ2n) is 18.2. The number of imidazole rings is 1. The van der Waals surface area contributed by atoms with Crippen LogP contribution in [-0.4, -0.2) is 108 Å². The van der Waals surface area contributed by atoms with E-state index >= 15 is 0 Å². The zero-order valence-electron chi connectivity index (χ0n) is 38.7. The normalized spacial score (nSPS) is 14.7. The van der Waals surface area contributed by atoms with Crippen molar-refractivity contribution in [3.8, 4) is 17.5 Å². The zero-order valence-corrected chi connectivity index (χ0v) is 39.7. The Morgan fingerprint density at radius 2 is 1.56 bits per heavy atom. The lowest BCUT2D eigenvalue weighted by molar-refractivity contribution is 0.101. The number of aryl methyl sites for hydroxylation is 1. The van der Waals surface area contributed by atoms with Gasteiger partial charge in [-0.15, -0.1) is 5.10 Å². The summed E-state index contributed by atoms with van der Waals surface area (Å²) in [5.74, 6) is 3.20. The maximum atomic E-state index is 12.1. The van der Waals surface area contributed by atoms with Gasteiger partial charge in [-0.25, -0.2) is 19.3 Å². The molecule has 0 aliphatic carbocycles. The molecule has 15 nitrogen and oxygen atoms in total. The van der Waals surface area contributed by atoms with Crippen LogP contribution < -0.4 is 24.0 Å². The van der Waals surface area contributed by atoms with E-state index in [1.54, 1.807) is 38.2 Å². The van der Waals surface area contributed by atoms with Crippen LogP contribution in [-0.2, 0) is 17.5 Å². The van der Waals surface area contributed by atoms with Gasteiger partial charge < -0.3 is 43.5 Å². The monoisotopic (exact) mass is 882 g/mol. The Morgan fingerprint density at radius 3 is 2.08 bits per heavy atom. The van der Waals surface area contributed by atoms with Gasteiger partial charge in [-0.3, -0.25) is 0 Å². The molecule has 5 aromatic rings. The summed E-state index contributed by atoms with van der Waals surface area (Å²) in [6, 6.07) is 18.0. The highest BCUT2D eigenvalue weighted by molar-refractivity contribution is 6.74. The summed E-state index contributed by atoms with van der Waals surface area (Å²) >= 11 is 0. The topological polar surface area (TPSA) is 160 Å². The molecule has 3 aromatic heterocycles. The Labute approximate surface area is 373 Å². The number of carboxylic acid groups (broad SMARTS) is 1. The van der Waals surface area contributed by atoms with Gasteiger partial charge in [0.25, 0.3) is 0 Å². The van der Waals surface area contributed by atoms with E-state index in [2.05, 4.69) is 50.6 Å². The number of methoxy groups -OCH3 is 2. The van der Waals surface area contributed by atoms with E-state index in [-0.39, 0.29) is 23.8 Å². The lowest BCUT2D eigenvalue weighted by Gasteiger charge is -2.39. The van der Waals surface area contributed by atoms with E-state index in [9.17, 15) is 15.0 Å². The first-order valence-corrected chi connectivity index (χ1v) is 24.8. The van der Waals surface area contributed by atoms with E-state index in [0.29, 0.717) is 48.3 Å². The zero-order chi connectivity index (χ0) is 45.5. The highest BCUT2D eigenvalue weighted by Crippen LogP contribution is 2.38. The molecule has 0 saturated carbocycles. The van der Waals surface area contributed by atoms with Gasteiger partial charge in [-0.1, -0.05) is 58.4 Å². The van der Waals surface area contributed by atoms with Gasteiger partial charge in [0.15, 0.2) is 19.8 Å². The molecule has 6 rings (SSSR count). The Bertz CT molecular complexity index is 2230. The Hall–Kier alpha value is -5.45. The molecule has 1 aliphatic heterocycles. The molecule has 2 aromatic carbocycles. The molecule has 2 unspecified atom stereocenters. The fourth-order valence-electron chi connectivity index (χ4n) is 7.73. The Kier molecular flexibility index (Phi) is 15.2. The molecule has 4 heterocycles. The molecule has 1 saturated heterocycles. The minimum Gasteiger partial charge on any atom is -0.497 e. The van der Waals surface area contributed by atoms with Crippen molar-refractivity contribution in [2.45, 2.75) is 104 Å². The van der Waals surface area contributed by atoms with Gasteiger partial charge >= 0.3 is 12.1 Å². The summed E-state index contributed by atoms with van der Waals surface area (Å²) in [5.41, 5.74) is 4.47.